The maximum absolute atomic E-state index is 11.0. The van der Waals surface area contributed by atoms with Crippen molar-refractivity contribution in [1.29, 1.82) is 10.5 Å². The van der Waals surface area contributed by atoms with E-state index in [4.69, 9.17) is 16.3 Å². The number of nitriles is 2. The fraction of sp³-hybridized carbons (Fsp3) is 0.750. The van der Waals surface area contributed by atoms with Crippen molar-refractivity contribution < 1.29 is 4.79 Å². The van der Waals surface area contributed by atoms with Crippen LogP contribution in [0.1, 0.15) is 51.9 Å². The molecule has 16 heavy (non-hydrogen) atoms. The summed E-state index contributed by atoms with van der Waals surface area (Å²) in [6.07, 6.45) is 6.53. The van der Waals surface area contributed by atoms with E-state index in [9.17, 15) is 4.79 Å². The van der Waals surface area contributed by atoms with Gasteiger partial charge >= 0.3 is 0 Å². The van der Waals surface area contributed by atoms with E-state index < -0.39 is 11.3 Å². The van der Waals surface area contributed by atoms with Gasteiger partial charge in [0.2, 0.25) is 5.41 Å². The van der Waals surface area contributed by atoms with Crippen LogP contribution < -0.4 is 5.73 Å². The summed E-state index contributed by atoms with van der Waals surface area (Å²) in [7, 11) is 0. The highest BCUT2D eigenvalue weighted by Gasteiger charge is 2.36. The highest BCUT2D eigenvalue weighted by atomic mass is 16.1. The van der Waals surface area contributed by atoms with Crippen LogP contribution in [0.4, 0.5) is 0 Å². The first kappa shape index (κ1) is 14.5. The minimum absolute atomic E-state index is 0.251. The summed E-state index contributed by atoms with van der Waals surface area (Å²) in [4.78, 5) is 11.0. The number of carbonyl (C=O) groups is 1. The Morgan fingerprint density at radius 3 is 2.06 bits per heavy atom. The zero-order chi connectivity index (χ0) is 12.4. The van der Waals surface area contributed by atoms with Gasteiger partial charge in [0.15, 0.2) is 0 Å². The molecule has 0 fully saturated rings. The van der Waals surface area contributed by atoms with Crippen molar-refractivity contribution in [3.8, 4) is 12.1 Å². The molecule has 88 valence electrons. The van der Waals surface area contributed by atoms with Gasteiger partial charge in [-0.05, 0) is 6.42 Å². The van der Waals surface area contributed by atoms with Crippen LogP contribution >= 0.6 is 0 Å². The van der Waals surface area contributed by atoms with E-state index in [1.54, 1.807) is 12.1 Å². The molecule has 0 aliphatic heterocycles. The minimum Gasteiger partial charge on any atom is -0.367 e. The number of hydrogen-bond acceptors (Lipinski definition) is 3. The van der Waals surface area contributed by atoms with Gasteiger partial charge in [0, 0.05) is 0 Å². The maximum atomic E-state index is 11.0. The van der Waals surface area contributed by atoms with Crippen LogP contribution in [-0.4, -0.2) is 5.91 Å². The van der Waals surface area contributed by atoms with Crippen LogP contribution in [0.5, 0.6) is 0 Å². The Balaban J connectivity index is 3.94. The molecule has 0 aromatic heterocycles. The zero-order valence-corrected chi connectivity index (χ0v) is 9.83. The van der Waals surface area contributed by atoms with Crippen molar-refractivity contribution in [2.75, 3.05) is 0 Å². The predicted octanol–water partition coefficient (Wildman–Crippen LogP) is 2.26. The van der Waals surface area contributed by atoms with Gasteiger partial charge in [-0.3, -0.25) is 4.79 Å². The van der Waals surface area contributed by atoms with Crippen molar-refractivity contribution >= 4 is 5.91 Å². The molecule has 0 radical (unpaired) electrons. The normalized spacial score (nSPS) is 10.4. The molecular weight excluding hydrogens is 202 g/mol. The molecule has 0 atom stereocenters. The summed E-state index contributed by atoms with van der Waals surface area (Å²) in [5, 5.41) is 17.6. The third-order valence-corrected chi connectivity index (χ3v) is 2.71. The Labute approximate surface area is 97.0 Å². The molecule has 0 saturated carbocycles. The van der Waals surface area contributed by atoms with Gasteiger partial charge in [-0.2, -0.15) is 10.5 Å². The van der Waals surface area contributed by atoms with Gasteiger partial charge < -0.3 is 5.73 Å². The average molecular weight is 221 g/mol. The number of rotatable bonds is 8. The summed E-state index contributed by atoms with van der Waals surface area (Å²) >= 11 is 0. The van der Waals surface area contributed by atoms with E-state index in [0.29, 0.717) is 6.42 Å². The molecule has 0 aromatic carbocycles. The molecule has 0 rings (SSSR count). The van der Waals surface area contributed by atoms with Gasteiger partial charge in [-0.1, -0.05) is 45.4 Å². The van der Waals surface area contributed by atoms with Crippen molar-refractivity contribution in [2.45, 2.75) is 51.9 Å². The van der Waals surface area contributed by atoms with Crippen molar-refractivity contribution in [3.63, 3.8) is 0 Å². The number of nitrogens with zero attached hydrogens (tertiary/aromatic N) is 2. The van der Waals surface area contributed by atoms with Crippen LogP contribution in [0.2, 0.25) is 0 Å². The number of nitrogens with two attached hydrogens (primary N) is 1. The molecule has 4 heteroatoms. The standard InChI is InChI=1S/C12H19N3O/c1-2-3-4-5-6-7-8-12(9-13,10-14)11(15)16/h2-8H2,1H3,(H2,15,16). The van der Waals surface area contributed by atoms with E-state index >= 15 is 0 Å². The first-order chi connectivity index (χ1) is 7.63. The second-order valence-electron chi connectivity index (χ2n) is 4.01. The van der Waals surface area contributed by atoms with Crippen LogP contribution in [0.3, 0.4) is 0 Å². The fourth-order valence-electron chi connectivity index (χ4n) is 1.54. The highest BCUT2D eigenvalue weighted by Crippen LogP contribution is 2.23. The monoisotopic (exact) mass is 221 g/mol. The smallest absolute Gasteiger partial charge is 0.252 e. The molecule has 0 spiro atoms. The van der Waals surface area contributed by atoms with E-state index in [-0.39, 0.29) is 6.42 Å². The Hall–Kier alpha value is -1.55. The summed E-state index contributed by atoms with van der Waals surface area (Å²) in [5.41, 5.74) is 3.45. The Kier molecular flexibility index (Phi) is 6.96. The third-order valence-electron chi connectivity index (χ3n) is 2.71. The third kappa shape index (κ3) is 4.31. The first-order valence-corrected chi connectivity index (χ1v) is 5.75. The lowest BCUT2D eigenvalue weighted by atomic mass is 9.85. The number of unbranched alkanes of at least 4 members (excludes halogenated alkanes) is 5. The molecule has 0 unspecified atom stereocenters. The lowest BCUT2D eigenvalue weighted by Crippen LogP contribution is -2.34. The number of hydrogen-bond donors (Lipinski definition) is 1. The minimum atomic E-state index is -1.62. The van der Waals surface area contributed by atoms with Gasteiger partial charge in [0.25, 0.3) is 5.91 Å². The molecule has 0 heterocycles. The molecule has 0 bridgehead atoms. The number of carbonyl (C=O) groups excluding carboxylic acids is 1. The van der Waals surface area contributed by atoms with Crippen LogP contribution in [0.15, 0.2) is 0 Å². The second-order valence-corrected chi connectivity index (χ2v) is 4.01. The summed E-state index contributed by atoms with van der Waals surface area (Å²) in [6.45, 7) is 2.14. The van der Waals surface area contributed by atoms with E-state index in [1.807, 2.05) is 0 Å². The van der Waals surface area contributed by atoms with Crippen LogP contribution in [0, 0.1) is 28.1 Å². The van der Waals surface area contributed by atoms with Crippen molar-refractivity contribution in [1.82, 2.24) is 0 Å². The molecule has 0 aromatic rings. The highest BCUT2D eigenvalue weighted by molar-refractivity contribution is 5.86. The van der Waals surface area contributed by atoms with E-state index in [2.05, 4.69) is 6.92 Å². The molecular formula is C12H19N3O. The molecule has 1 amide bonds. The SMILES string of the molecule is CCCCCCCCC(C#N)(C#N)C(N)=O. The molecule has 2 N–H and O–H groups in total. The van der Waals surface area contributed by atoms with Crippen molar-refractivity contribution in [2.24, 2.45) is 11.1 Å². The fourth-order valence-corrected chi connectivity index (χ4v) is 1.54. The largest absolute Gasteiger partial charge is 0.367 e. The van der Waals surface area contributed by atoms with Crippen molar-refractivity contribution in [3.05, 3.63) is 0 Å². The topological polar surface area (TPSA) is 90.7 Å². The Morgan fingerprint density at radius 1 is 1.12 bits per heavy atom. The zero-order valence-electron chi connectivity index (χ0n) is 9.83. The average Bonchev–Trinajstić information content (AvgIpc) is 2.28. The van der Waals surface area contributed by atoms with Gasteiger partial charge in [-0.25, -0.2) is 0 Å². The van der Waals surface area contributed by atoms with Crippen LogP contribution in [0.25, 0.3) is 0 Å². The van der Waals surface area contributed by atoms with E-state index in [1.165, 1.54) is 19.3 Å². The first-order valence-electron chi connectivity index (χ1n) is 5.75. The lowest BCUT2D eigenvalue weighted by Gasteiger charge is -2.13. The predicted molar refractivity (Wildman–Crippen MR) is 60.8 cm³/mol. The molecule has 0 saturated heterocycles. The molecule has 0 aliphatic rings. The number of primary amides is 1. The van der Waals surface area contributed by atoms with Crippen LogP contribution in [-0.2, 0) is 4.79 Å². The van der Waals surface area contributed by atoms with Gasteiger partial charge in [0.05, 0.1) is 12.1 Å². The Morgan fingerprint density at radius 2 is 1.62 bits per heavy atom. The lowest BCUT2D eigenvalue weighted by molar-refractivity contribution is -0.122. The summed E-state index contributed by atoms with van der Waals surface area (Å²) in [6, 6.07) is 3.46. The summed E-state index contributed by atoms with van der Waals surface area (Å²) in [5.74, 6) is -0.828. The van der Waals surface area contributed by atoms with Gasteiger partial charge in [-0.15, -0.1) is 0 Å². The Bertz CT molecular complexity index is 284. The maximum Gasteiger partial charge on any atom is 0.252 e. The second kappa shape index (κ2) is 7.70. The summed E-state index contributed by atoms with van der Waals surface area (Å²) < 4.78 is 0. The van der Waals surface area contributed by atoms with Gasteiger partial charge in [0.1, 0.15) is 0 Å². The number of amides is 1. The molecule has 0 aliphatic carbocycles. The molecule has 4 nitrogen and oxygen atoms in total. The van der Waals surface area contributed by atoms with E-state index in [0.717, 1.165) is 12.8 Å². The quantitative estimate of drug-likeness (QED) is 0.637.